The summed E-state index contributed by atoms with van der Waals surface area (Å²) in [4.78, 5) is 14.8. The smallest absolute Gasteiger partial charge is 0.434 e. The van der Waals surface area contributed by atoms with Crippen LogP contribution in [0.5, 0.6) is 5.88 Å². The molecule has 1 aromatic heterocycles. The summed E-state index contributed by atoms with van der Waals surface area (Å²) in [5.74, 6) is 0.180. The molecule has 5 heteroatoms. The molecule has 0 saturated heterocycles. The Morgan fingerprint density at radius 3 is 3.07 bits per heavy atom. The van der Waals surface area contributed by atoms with Crippen molar-refractivity contribution in [2.45, 2.75) is 13.3 Å². The largest absolute Gasteiger partial charge is 0.515 e. The van der Waals surface area contributed by atoms with Gasteiger partial charge in [0.25, 0.3) is 0 Å². The van der Waals surface area contributed by atoms with Gasteiger partial charge in [-0.15, -0.1) is 0 Å². The third kappa shape index (κ3) is 3.95. The summed E-state index contributed by atoms with van der Waals surface area (Å²) < 4.78 is 9.38. The highest BCUT2D eigenvalue weighted by Gasteiger charge is 2.06. The third-order valence-corrected chi connectivity index (χ3v) is 1.65. The summed E-state index contributed by atoms with van der Waals surface area (Å²) in [6.45, 7) is 1.99. The van der Waals surface area contributed by atoms with E-state index in [0.717, 1.165) is 5.56 Å². The van der Waals surface area contributed by atoms with E-state index < -0.39 is 6.16 Å². The Morgan fingerprint density at radius 1 is 1.60 bits per heavy atom. The average Bonchev–Trinajstić information content (AvgIpc) is 2.19. The van der Waals surface area contributed by atoms with Crippen molar-refractivity contribution in [2.75, 3.05) is 13.2 Å². The van der Waals surface area contributed by atoms with E-state index in [1.54, 1.807) is 19.1 Å². The zero-order valence-electron chi connectivity index (χ0n) is 8.47. The summed E-state index contributed by atoms with van der Waals surface area (Å²) in [6, 6.07) is 3.33. The summed E-state index contributed by atoms with van der Waals surface area (Å²) in [7, 11) is 0. The highest BCUT2D eigenvalue weighted by atomic mass is 16.7. The van der Waals surface area contributed by atoms with Crippen molar-refractivity contribution in [3.8, 4) is 5.88 Å². The van der Waals surface area contributed by atoms with Crippen LogP contribution in [0.15, 0.2) is 18.3 Å². The molecule has 1 N–H and O–H groups in total. The normalized spacial score (nSPS) is 9.73. The number of aromatic nitrogens is 1. The third-order valence-electron chi connectivity index (χ3n) is 1.65. The molecule has 0 spiro atoms. The molecule has 0 aromatic carbocycles. The first kappa shape index (κ1) is 11.5. The number of aliphatic hydroxyl groups is 1. The molecule has 82 valence electrons. The Hall–Kier alpha value is -1.62. The second kappa shape index (κ2) is 5.98. The molecular formula is C10H13NO4. The fourth-order valence-electron chi connectivity index (χ4n) is 1.02. The number of pyridine rings is 1. The molecule has 0 atom stereocenters. The van der Waals surface area contributed by atoms with Crippen LogP contribution in [0.25, 0.3) is 0 Å². The van der Waals surface area contributed by atoms with Crippen LogP contribution in [0.4, 0.5) is 4.79 Å². The Morgan fingerprint density at radius 2 is 2.40 bits per heavy atom. The summed E-state index contributed by atoms with van der Waals surface area (Å²) in [6.07, 6.45) is 1.24. The molecule has 1 rings (SSSR count). The topological polar surface area (TPSA) is 68.7 Å². The molecule has 15 heavy (non-hydrogen) atoms. The highest BCUT2D eigenvalue weighted by Crippen LogP contribution is 2.10. The van der Waals surface area contributed by atoms with Crippen molar-refractivity contribution < 1.29 is 19.4 Å². The van der Waals surface area contributed by atoms with Crippen LogP contribution in [0.3, 0.4) is 0 Å². The molecule has 0 aliphatic rings. The molecule has 0 aliphatic heterocycles. The first-order valence-corrected chi connectivity index (χ1v) is 4.66. The van der Waals surface area contributed by atoms with Crippen molar-refractivity contribution in [2.24, 2.45) is 0 Å². The first-order valence-electron chi connectivity index (χ1n) is 4.66. The minimum atomic E-state index is -0.772. The van der Waals surface area contributed by atoms with E-state index in [1.807, 2.05) is 0 Å². The van der Waals surface area contributed by atoms with Gasteiger partial charge in [-0.2, -0.15) is 0 Å². The van der Waals surface area contributed by atoms with Crippen molar-refractivity contribution in [1.82, 2.24) is 4.98 Å². The number of nitrogens with zero attached hydrogens (tertiary/aromatic N) is 1. The van der Waals surface area contributed by atoms with Crippen LogP contribution in [-0.2, 0) is 11.2 Å². The SMILES string of the molecule is CCOC(=O)Oc1cc(CCO)ccn1. The molecule has 1 aromatic rings. The van der Waals surface area contributed by atoms with Crippen LogP contribution in [-0.4, -0.2) is 29.5 Å². The maximum Gasteiger partial charge on any atom is 0.515 e. The second-order valence-corrected chi connectivity index (χ2v) is 2.76. The monoisotopic (exact) mass is 211 g/mol. The maximum absolute atomic E-state index is 10.9. The summed E-state index contributed by atoms with van der Waals surface area (Å²) >= 11 is 0. The van der Waals surface area contributed by atoms with E-state index in [9.17, 15) is 4.79 Å². The predicted molar refractivity (Wildman–Crippen MR) is 52.7 cm³/mol. The standard InChI is InChI=1S/C10H13NO4/c1-2-14-10(13)15-9-7-8(4-6-12)3-5-11-9/h3,5,7,12H,2,4,6H2,1H3. The van der Waals surface area contributed by atoms with Crippen LogP contribution in [0, 0.1) is 0 Å². The van der Waals surface area contributed by atoms with Gasteiger partial charge in [-0.25, -0.2) is 9.78 Å². The van der Waals surface area contributed by atoms with Crippen molar-refractivity contribution in [3.05, 3.63) is 23.9 Å². The second-order valence-electron chi connectivity index (χ2n) is 2.76. The summed E-state index contributed by atoms with van der Waals surface area (Å²) in [5.41, 5.74) is 0.854. The fourth-order valence-corrected chi connectivity index (χ4v) is 1.02. The van der Waals surface area contributed by atoms with Gasteiger partial charge in [0.2, 0.25) is 5.88 Å². The number of rotatable bonds is 4. The van der Waals surface area contributed by atoms with Crippen molar-refractivity contribution in [3.63, 3.8) is 0 Å². The van der Waals surface area contributed by atoms with Gasteiger partial charge < -0.3 is 14.6 Å². The van der Waals surface area contributed by atoms with Gasteiger partial charge in [0.1, 0.15) is 0 Å². The van der Waals surface area contributed by atoms with Crippen LogP contribution >= 0.6 is 0 Å². The predicted octanol–water partition coefficient (Wildman–Crippen LogP) is 1.15. The van der Waals surface area contributed by atoms with Gasteiger partial charge in [-0.3, -0.25) is 0 Å². The highest BCUT2D eigenvalue weighted by molar-refractivity contribution is 5.63. The van der Waals surface area contributed by atoms with Gasteiger partial charge in [0, 0.05) is 18.9 Å². The number of carbonyl (C=O) groups is 1. The average molecular weight is 211 g/mol. The number of hydrogen-bond acceptors (Lipinski definition) is 5. The number of ether oxygens (including phenoxy) is 2. The fraction of sp³-hybridized carbons (Fsp3) is 0.400. The van der Waals surface area contributed by atoms with Gasteiger partial charge in [-0.1, -0.05) is 0 Å². The molecular weight excluding hydrogens is 198 g/mol. The van der Waals surface area contributed by atoms with E-state index in [-0.39, 0.29) is 19.1 Å². The quantitative estimate of drug-likeness (QED) is 0.756. The first-order chi connectivity index (χ1) is 7.26. The molecule has 0 saturated carbocycles. The van der Waals surface area contributed by atoms with Gasteiger partial charge in [0.05, 0.1) is 6.61 Å². The molecule has 0 aliphatic carbocycles. The van der Waals surface area contributed by atoms with E-state index in [4.69, 9.17) is 9.84 Å². The Balaban J connectivity index is 2.60. The van der Waals surface area contributed by atoms with E-state index in [0.29, 0.717) is 6.42 Å². The zero-order valence-corrected chi connectivity index (χ0v) is 8.47. The molecule has 5 nitrogen and oxygen atoms in total. The number of carbonyl (C=O) groups excluding carboxylic acids is 1. The van der Waals surface area contributed by atoms with E-state index in [2.05, 4.69) is 9.72 Å². The minimum absolute atomic E-state index is 0.0445. The van der Waals surface area contributed by atoms with Gasteiger partial charge in [-0.05, 0) is 25.0 Å². The molecule has 0 radical (unpaired) electrons. The zero-order chi connectivity index (χ0) is 11.1. The van der Waals surface area contributed by atoms with E-state index in [1.165, 1.54) is 6.20 Å². The van der Waals surface area contributed by atoms with Crippen LogP contribution < -0.4 is 4.74 Å². The maximum atomic E-state index is 10.9. The van der Waals surface area contributed by atoms with Gasteiger partial charge >= 0.3 is 6.16 Å². The summed E-state index contributed by atoms with van der Waals surface area (Å²) in [5, 5.41) is 8.72. The Bertz CT molecular complexity index is 327. The van der Waals surface area contributed by atoms with Crippen molar-refractivity contribution in [1.29, 1.82) is 0 Å². The van der Waals surface area contributed by atoms with E-state index >= 15 is 0 Å². The van der Waals surface area contributed by atoms with Gasteiger partial charge in [0.15, 0.2) is 0 Å². The molecule has 0 amide bonds. The van der Waals surface area contributed by atoms with Crippen molar-refractivity contribution >= 4 is 6.16 Å². The number of hydrogen-bond donors (Lipinski definition) is 1. The Labute approximate surface area is 87.7 Å². The lowest BCUT2D eigenvalue weighted by molar-refractivity contribution is 0.102. The Kier molecular flexibility index (Phi) is 4.56. The van der Waals surface area contributed by atoms with Crippen LogP contribution in [0.2, 0.25) is 0 Å². The lowest BCUT2D eigenvalue weighted by Crippen LogP contribution is -2.11. The molecule has 1 heterocycles. The minimum Gasteiger partial charge on any atom is -0.434 e. The molecule has 0 bridgehead atoms. The number of aliphatic hydroxyl groups excluding tert-OH is 1. The molecule has 0 fully saturated rings. The lowest BCUT2D eigenvalue weighted by atomic mass is 10.2. The molecule has 0 unspecified atom stereocenters. The van der Waals surface area contributed by atoms with Crippen LogP contribution in [0.1, 0.15) is 12.5 Å². The lowest BCUT2D eigenvalue weighted by Gasteiger charge is -2.04.